The number of halogens is 1. The van der Waals surface area contributed by atoms with E-state index in [1.54, 1.807) is 7.11 Å². The van der Waals surface area contributed by atoms with Gasteiger partial charge >= 0.3 is 0 Å². The molecule has 3 aromatic rings. The monoisotopic (exact) mass is 470 g/mol. The van der Waals surface area contributed by atoms with Gasteiger partial charge in [0, 0.05) is 14.9 Å². The molecule has 136 valence electrons. The van der Waals surface area contributed by atoms with Crippen LogP contribution in [0.15, 0.2) is 66.7 Å². The van der Waals surface area contributed by atoms with Crippen LogP contribution in [0.3, 0.4) is 0 Å². The number of carbonyl (C=O) groups is 1. The van der Waals surface area contributed by atoms with Crippen LogP contribution in [0, 0.1) is 10.5 Å². The maximum absolute atomic E-state index is 13.4. The Morgan fingerprint density at radius 1 is 1.00 bits per heavy atom. The van der Waals surface area contributed by atoms with Gasteiger partial charge in [0.25, 0.3) is 5.91 Å². The highest BCUT2D eigenvalue weighted by Crippen LogP contribution is 2.37. The van der Waals surface area contributed by atoms with Crippen LogP contribution in [0.25, 0.3) is 0 Å². The first-order chi connectivity index (χ1) is 13.1. The molecule has 4 rings (SSSR count). The summed E-state index contributed by atoms with van der Waals surface area (Å²) in [6.07, 6.45) is -0.293. The van der Waals surface area contributed by atoms with Gasteiger partial charge in [-0.25, -0.2) is 0 Å². The third-order valence-corrected chi connectivity index (χ3v) is 5.40. The Balaban J connectivity index is 1.83. The average molecular weight is 470 g/mol. The predicted molar refractivity (Wildman–Crippen MR) is 117 cm³/mol. The minimum Gasteiger partial charge on any atom is -0.497 e. The molecule has 0 radical (unpaired) electrons. The molecule has 27 heavy (non-hydrogen) atoms. The first-order valence-corrected chi connectivity index (χ1v) is 9.75. The minimum atomic E-state index is -0.293. The van der Waals surface area contributed by atoms with E-state index in [-0.39, 0.29) is 12.1 Å². The lowest BCUT2D eigenvalue weighted by atomic mass is 10.0. The van der Waals surface area contributed by atoms with Crippen molar-refractivity contribution in [2.24, 2.45) is 0 Å². The SMILES string of the molecule is COc1ccc([C@H]2Nc3ccc(I)cc3C(=O)N2c2ccc(C)cc2)cc1. The first kappa shape index (κ1) is 17.9. The average Bonchev–Trinajstić information content (AvgIpc) is 2.69. The summed E-state index contributed by atoms with van der Waals surface area (Å²) in [6, 6.07) is 21.7. The molecule has 1 N–H and O–H groups in total. The number of amides is 1. The van der Waals surface area contributed by atoms with Crippen LogP contribution in [0.5, 0.6) is 5.75 Å². The van der Waals surface area contributed by atoms with Crippen LogP contribution in [0.4, 0.5) is 11.4 Å². The van der Waals surface area contributed by atoms with Crippen LogP contribution in [0.1, 0.15) is 27.7 Å². The molecule has 3 aromatic carbocycles. The molecule has 1 aliphatic rings. The maximum Gasteiger partial charge on any atom is 0.262 e. The molecular formula is C22H19IN2O2. The van der Waals surface area contributed by atoms with E-state index in [1.807, 2.05) is 78.6 Å². The number of aryl methyl sites for hydroxylation is 1. The first-order valence-electron chi connectivity index (χ1n) is 8.67. The van der Waals surface area contributed by atoms with Crippen molar-refractivity contribution in [2.75, 3.05) is 17.3 Å². The quantitative estimate of drug-likeness (QED) is 0.523. The molecule has 0 saturated carbocycles. The van der Waals surface area contributed by atoms with Gasteiger partial charge in [-0.2, -0.15) is 0 Å². The lowest BCUT2D eigenvalue weighted by Gasteiger charge is -2.38. The van der Waals surface area contributed by atoms with Gasteiger partial charge in [0.2, 0.25) is 0 Å². The normalized spacial score (nSPS) is 15.9. The summed E-state index contributed by atoms with van der Waals surface area (Å²) in [4.78, 5) is 15.2. The topological polar surface area (TPSA) is 41.6 Å². The van der Waals surface area contributed by atoms with Gasteiger partial charge in [-0.3, -0.25) is 9.69 Å². The predicted octanol–water partition coefficient (Wildman–Crippen LogP) is 5.38. The highest BCUT2D eigenvalue weighted by Gasteiger charge is 2.34. The molecule has 1 amide bonds. The third kappa shape index (κ3) is 3.39. The van der Waals surface area contributed by atoms with Gasteiger partial charge in [-0.05, 0) is 77.5 Å². The number of hydrogen-bond acceptors (Lipinski definition) is 3. The number of fused-ring (bicyclic) bond motifs is 1. The summed E-state index contributed by atoms with van der Waals surface area (Å²) < 4.78 is 6.31. The second-order valence-electron chi connectivity index (χ2n) is 6.52. The zero-order valence-corrected chi connectivity index (χ0v) is 17.2. The van der Waals surface area contributed by atoms with Crippen molar-refractivity contribution in [3.63, 3.8) is 0 Å². The zero-order valence-electron chi connectivity index (χ0n) is 15.1. The Kier molecular flexibility index (Phi) is 4.78. The van der Waals surface area contributed by atoms with Crippen molar-refractivity contribution in [1.82, 2.24) is 0 Å². The molecule has 1 atom stereocenters. The summed E-state index contributed by atoms with van der Waals surface area (Å²) in [5.74, 6) is 0.782. The van der Waals surface area contributed by atoms with E-state index in [0.717, 1.165) is 31.8 Å². The molecule has 0 saturated heterocycles. The fourth-order valence-electron chi connectivity index (χ4n) is 3.27. The van der Waals surface area contributed by atoms with E-state index in [1.165, 1.54) is 0 Å². The lowest BCUT2D eigenvalue weighted by molar-refractivity contribution is 0.0975. The second-order valence-corrected chi connectivity index (χ2v) is 7.77. The number of methoxy groups -OCH3 is 1. The Labute approximate surface area is 172 Å². The van der Waals surface area contributed by atoms with Crippen molar-refractivity contribution < 1.29 is 9.53 Å². The molecule has 5 heteroatoms. The van der Waals surface area contributed by atoms with E-state index in [0.29, 0.717) is 5.56 Å². The summed E-state index contributed by atoms with van der Waals surface area (Å²) in [7, 11) is 1.65. The van der Waals surface area contributed by atoms with Gasteiger partial charge < -0.3 is 10.1 Å². The fraction of sp³-hybridized carbons (Fsp3) is 0.136. The molecule has 0 aliphatic carbocycles. The Hall–Kier alpha value is -2.54. The smallest absolute Gasteiger partial charge is 0.262 e. The number of hydrogen-bond donors (Lipinski definition) is 1. The zero-order chi connectivity index (χ0) is 19.0. The summed E-state index contributed by atoms with van der Waals surface area (Å²) in [5, 5.41) is 3.53. The van der Waals surface area contributed by atoms with Crippen LogP contribution >= 0.6 is 22.6 Å². The maximum atomic E-state index is 13.4. The van der Waals surface area contributed by atoms with Crippen molar-refractivity contribution in [1.29, 1.82) is 0 Å². The van der Waals surface area contributed by atoms with Crippen LogP contribution < -0.4 is 15.0 Å². The highest BCUT2D eigenvalue weighted by molar-refractivity contribution is 14.1. The summed E-state index contributed by atoms with van der Waals surface area (Å²) in [6.45, 7) is 2.04. The van der Waals surface area contributed by atoms with Gasteiger partial charge in [-0.15, -0.1) is 0 Å². The lowest BCUT2D eigenvalue weighted by Crippen LogP contribution is -2.43. The van der Waals surface area contributed by atoms with Gasteiger partial charge in [0.1, 0.15) is 11.9 Å². The van der Waals surface area contributed by atoms with E-state index in [4.69, 9.17) is 4.74 Å². The van der Waals surface area contributed by atoms with Gasteiger partial charge in [0.05, 0.1) is 12.7 Å². The summed E-state index contributed by atoms with van der Waals surface area (Å²) in [5.41, 5.74) is 4.56. The largest absolute Gasteiger partial charge is 0.497 e. The van der Waals surface area contributed by atoms with Crippen molar-refractivity contribution in [3.05, 3.63) is 87.0 Å². The molecule has 1 heterocycles. The Bertz CT molecular complexity index is 984. The highest BCUT2D eigenvalue weighted by atomic mass is 127. The van der Waals surface area contributed by atoms with Crippen molar-refractivity contribution in [3.8, 4) is 5.75 Å². The number of nitrogens with zero attached hydrogens (tertiary/aromatic N) is 1. The van der Waals surface area contributed by atoms with Gasteiger partial charge in [-0.1, -0.05) is 29.8 Å². The number of benzene rings is 3. The number of rotatable bonds is 3. The van der Waals surface area contributed by atoms with Crippen LogP contribution in [-0.2, 0) is 0 Å². The van der Waals surface area contributed by atoms with E-state index in [9.17, 15) is 4.79 Å². The van der Waals surface area contributed by atoms with Gasteiger partial charge in [0.15, 0.2) is 0 Å². The second kappa shape index (κ2) is 7.23. The fourth-order valence-corrected chi connectivity index (χ4v) is 3.76. The van der Waals surface area contributed by atoms with E-state index in [2.05, 4.69) is 27.9 Å². The van der Waals surface area contributed by atoms with E-state index < -0.39 is 0 Å². The molecule has 0 unspecified atom stereocenters. The molecule has 0 aromatic heterocycles. The van der Waals surface area contributed by atoms with Crippen molar-refractivity contribution >= 4 is 39.9 Å². The number of anilines is 2. The van der Waals surface area contributed by atoms with Crippen LogP contribution in [0.2, 0.25) is 0 Å². The number of nitrogens with one attached hydrogen (secondary N) is 1. The number of carbonyl (C=O) groups excluding carboxylic acids is 1. The molecule has 4 nitrogen and oxygen atoms in total. The van der Waals surface area contributed by atoms with Crippen LogP contribution in [-0.4, -0.2) is 13.0 Å². The number of ether oxygens (including phenoxy) is 1. The molecule has 0 fully saturated rings. The minimum absolute atomic E-state index is 0.00747. The molecular weight excluding hydrogens is 451 g/mol. The third-order valence-electron chi connectivity index (χ3n) is 4.72. The van der Waals surface area contributed by atoms with Crippen molar-refractivity contribution in [2.45, 2.75) is 13.1 Å². The molecule has 1 aliphatic heterocycles. The standard InChI is InChI=1S/C22H19IN2O2/c1-14-3-8-17(9-4-14)25-21(15-5-10-18(27-2)11-6-15)24-20-12-7-16(23)13-19(20)22(25)26/h3-13,21,24H,1-2H3/t21-/m0/s1. The molecule has 0 spiro atoms. The Morgan fingerprint density at radius 3 is 2.37 bits per heavy atom. The molecule has 0 bridgehead atoms. The van der Waals surface area contributed by atoms with E-state index >= 15 is 0 Å². The summed E-state index contributed by atoms with van der Waals surface area (Å²) >= 11 is 2.23. The Morgan fingerprint density at radius 2 is 1.70 bits per heavy atom.